The van der Waals surface area contributed by atoms with Crippen molar-refractivity contribution in [3.05, 3.63) is 59.2 Å². The van der Waals surface area contributed by atoms with Crippen LogP contribution < -0.4 is 5.32 Å². The fourth-order valence-electron chi connectivity index (χ4n) is 6.28. The van der Waals surface area contributed by atoms with E-state index < -0.39 is 33.9 Å². The smallest absolute Gasteiger partial charge is 0.326 e. The molecule has 240 valence electrons. The Morgan fingerprint density at radius 1 is 0.977 bits per heavy atom. The van der Waals surface area contributed by atoms with Gasteiger partial charge in [0.1, 0.15) is 22.0 Å². The Hall–Kier alpha value is -3.24. The summed E-state index contributed by atoms with van der Waals surface area (Å²) in [5.74, 6) is -1.72. The van der Waals surface area contributed by atoms with Gasteiger partial charge in [-0.2, -0.15) is 0 Å². The van der Waals surface area contributed by atoms with E-state index >= 15 is 0 Å². The molecule has 10 heteroatoms. The minimum atomic E-state index is -3.41. The molecule has 1 unspecified atom stereocenters. The van der Waals surface area contributed by atoms with Crippen LogP contribution in [0, 0.1) is 12.8 Å². The molecule has 2 aromatic carbocycles. The molecule has 2 N–H and O–H groups in total. The number of benzene rings is 2. The second kappa shape index (κ2) is 15.7. The number of sulfone groups is 1. The molecule has 2 fully saturated rings. The van der Waals surface area contributed by atoms with Crippen molar-refractivity contribution >= 4 is 27.6 Å². The number of likely N-dealkylation sites (tertiary alicyclic amines) is 1. The van der Waals surface area contributed by atoms with Crippen LogP contribution in [-0.4, -0.2) is 73.5 Å². The number of carbonyl (C=O) groups excluding carboxylic acids is 2. The van der Waals surface area contributed by atoms with Gasteiger partial charge in [-0.25, -0.2) is 13.2 Å². The topological polar surface area (TPSA) is 130 Å². The summed E-state index contributed by atoms with van der Waals surface area (Å²) < 4.78 is 29.7. The molecule has 0 aromatic heterocycles. The van der Waals surface area contributed by atoms with E-state index in [1.807, 2.05) is 42.2 Å². The van der Waals surface area contributed by atoms with Gasteiger partial charge in [-0.15, -0.1) is 0 Å². The van der Waals surface area contributed by atoms with E-state index in [4.69, 9.17) is 4.74 Å². The zero-order valence-electron chi connectivity index (χ0n) is 25.9. The van der Waals surface area contributed by atoms with Crippen molar-refractivity contribution in [1.82, 2.24) is 10.2 Å². The Kier molecular flexibility index (Phi) is 12.0. The van der Waals surface area contributed by atoms with E-state index in [-0.39, 0.29) is 30.3 Å². The third kappa shape index (κ3) is 9.63. The first kappa shape index (κ1) is 33.6. The number of piperidine rings is 1. The maximum Gasteiger partial charge on any atom is 0.326 e. The lowest BCUT2D eigenvalue weighted by Gasteiger charge is -2.32. The van der Waals surface area contributed by atoms with E-state index in [0.717, 1.165) is 68.1 Å². The molecule has 0 bridgehead atoms. The van der Waals surface area contributed by atoms with Crippen molar-refractivity contribution in [3.63, 3.8) is 0 Å². The molecule has 1 aliphatic heterocycles. The van der Waals surface area contributed by atoms with Gasteiger partial charge in [-0.3, -0.25) is 9.59 Å². The first-order valence-electron chi connectivity index (χ1n) is 15.8. The number of rotatable bonds is 13. The van der Waals surface area contributed by atoms with Crippen LogP contribution in [0.1, 0.15) is 85.7 Å². The molecule has 0 spiro atoms. The first-order chi connectivity index (χ1) is 21.0. The van der Waals surface area contributed by atoms with Crippen LogP contribution >= 0.6 is 0 Å². The largest absolute Gasteiger partial charge is 0.480 e. The molecule has 9 nitrogen and oxygen atoms in total. The number of carboxylic acid groups (broad SMARTS) is 1. The van der Waals surface area contributed by atoms with Gasteiger partial charge in [0.25, 0.3) is 11.8 Å². The normalized spacial score (nSPS) is 17.5. The summed E-state index contributed by atoms with van der Waals surface area (Å²) in [6.45, 7) is 3.67. The maximum atomic E-state index is 13.6. The molecule has 2 aromatic rings. The number of amides is 2. The minimum absolute atomic E-state index is 0.0687. The molecule has 2 atom stereocenters. The average molecular weight is 627 g/mol. The van der Waals surface area contributed by atoms with Gasteiger partial charge >= 0.3 is 5.97 Å². The fourth-order valence-corrected chi connectivity index (χ4v) is 6.95. The monoisotopic (exact) mass is 626 g/mol. The molecule has 44 heavy (non-hydrogen) atoms. The zero-order valence-corrected chi connectivity index (χ0v) is 26.7. The molecule has 4 rings (SSSR count). The van der Waals surface area contributed by atoms with Crippen molar-refractivity contribution < 1.29 is 32.6 Å². The van der Waals surface area contributed by atoms with Crippen LogP contribution in [0.25, 0.3) is 11.1 Å². The van der Waals surface area contributed by atoms with E-state index in [2.05, 4.69) is 5.32 Å². The van der Waals surface area contributed by atoms with Gasteiger partial charge in [0, 0.05) is 24.9 Å². The van der Waals surface area contributed by atoms with Crippen LogP contribution in [0.2, 0.25) is 0 Å². The average Bonchev–Trinajstić information content (AvgIpc) is 3.01. The Balaban J connectivity index is 1.57. The number of nitrogens with one attached hydrogen (secondary N) is 1. The van der Waals surface area contributed by atoms with Gasteiger partial charge in [0.2, 0.25) is 0 Å². The fraction of sp³-hybridized carbons (Fsp3) is 0.559. The summed E-state index contributed by atoms with van der Waals surface area (Å²) in [5, 5.41) is 12.2. The lowest BCUT2D eigenvalue weighted by Crippen LogP contribution is -2.44. The summed E-state index contributed by atoms with van der Waals surface area (Å²) in [4.78, 5) is 40.9. The molecular weight excluding hydrogens is 580 g/mol. The van der Waals surface area contributed by atoms with Crippen LogP contribution in [-0.2, 0) is 30.8 Å². The summed E-state index contributed by atoms with van der Waals surface area (Å²) in [6.07, 6.45) is 10.0. The molecule has 1 aliphatic carbocycles. The molecule has 2 amide bonds. The van der Waals surface area contributed by atoms with Crippen LogP contribution in [0.15, 0.2) is 42.5 Å². The molecular formula is C34H46N2O7S. The third-order valence-electron chi connectivity index (χ3n) is 8.81. The third-order valence-corrected chi connectivity index (χ3v) is 9.79. The number of ether oxygens (including phenoxy) is 1. The first-order valence-corrected chi connectivity index (χ1v) is 17.9. The van der Waals surface area contributed by atoms with Gasteiger partial charge in [-0.05, 0) is 79.3 Å². The van der Waals surface area contributed by atoms with Crippen molar-refractivity contribution in [2.24, 2.45) is 5.92 Å². The molecule has 0 radical (unpaired) electrons. The second-order valence-corrected chi connectivity index (χ2v) is 14.7. The predicted octanol–water partition coefficient (Wildman–Crippen LogP) is 5.15. The van der Waals surface area contributed by atoms with Crippen molar-refractivity contribution in [2.75, 3.05) is 25.1 Å². The minimum Gasteiger partial charge on any atom is -0.480 e. The van der Waals surface area contributed by atoms with Crippen LogP contribution in [0.3, 0.4) is 0 Å². The molecule has 1 saturated carbocycles. The van der Waals surface area contributed by atoms with Crippen LogP contribution in [0.4, 0.5) is 0 Å². The highest BCUT2D eigenvalue weighted by Gasteiger charge is 2.30. The highest BCUT2D eigenvalue weighted by atomic mass is 32.2. The summed E-state index contributed by atoms with van der Waals surface area (Å²) >= 11 is 0. The van der Waals surface area contributed by atoms with E-state index in [1.165, 1.54) is 19.3 Å². The SMILES string of the molecule is Cc1ccccc1-c1cc(COC(CC2CCCCC2)C(=O)N2CCCCC2)ccc1C(=O)N[C@@H](CCS(C)(=O)=O)C(=O)O. The number of nitrogens with zero attached hydrogens (tertiary/aromatic N) is 1. The summed E-state index contributed by atoms with van der Waals surface area (Å²) in [7, 11) is -3.41. The molecule has 2 aliphatic rings. The van der Waals surface area contributed by atoms with E-state index in [9.17, 15) is 27.9 Å². The number of carboxylic acids is 1. The standard InChI is InChI=1S/C34H46N2O7S/c1-24-11-7-8-14-27(24)29-21-26(15-16-28(29)32(37)35-30(34(39)40)17-20-44(2,41)42)23-43-31(22-25-12-5-3-6-13-25)33(38)36-18-9-4-10-19-36/h7-8,11,14-16,21,25,30-31H,3-6,9-10,12-13,17-20,22-23H2,1-2H3,(H,35,37)(H,39,40)/t30-,31?/m0/s1. The van der Waals surface area contributed by atoms with Gasteiger partial charge in [-0.1, -0.05) is 62.4 Å². The number of aliphatic carboxylic acids is 1. The van der Waals surface area contributed by atoms with Crippen molar-refractivity contribution in [1.29, 1.82) is 0 Å². The number of carbonyl (C=O) groups is 3. The zero-order chi connectivity index (χ0) is 31.7. The quantitative estimate of drug-likeness (QED) is 0.315. The Labute approximate surface area is 261 Å². The van der Waals surface area contributed by atoms with E-state index in [1.54, 1.807) is 12.1 Å². The lowest BCUT2D eigenvalue weighted by molar-refractivity contribution is -0.147. The highest BCUT2D eigenvalue weighted by molar-refractivity contribution is 7.90. The van der Waals surface area contributed by atoms with Gasteiger partial charge < -0.3 is 20.1 Å². The number of hydrogen-bond donors (Lipinski definition) is 2. The Morgan fingerprint density at radius 3 is 2.32 bits per heavy atom. The molecule has 1 saturated heterocycles. The van der Waals surface area contributed by atoms with Crippen LogP contribution in [0.5, 0.6) is 0 Å². The Bertz CT molecular complexity index is 1410. The Morgan fingerprint density at radius 2 is 1.66 bits per heavy atom. The highest BCUT2D eigenvalue weighted by Crippen LogP contribution is 2.31. The number of hydrogen-bond acceptors (Lipinski definition) is 6. The summed E-state index contributed by atoms with van der Waals surface area (Å²) in [6, 6.07) is 11.5. The molecule has 1 heterocycles. The van der Waals surface area contributed by atoms with Gasteiger partial charge in [0.15, 0.2) is 0 Å². The summed E-state index contributed by atoms with van der Waals surface area (Å²) in [5.41, 5.74) is 3.43. The predicted molar refractivity (Wildman–Crippen MR) is 170 cm³/mol. The second-order valence-electron chi connectivity index (χ2n) is 12.4. The maximum absolute atomic E-state index is 13.6. The lowest BCUT2D eigenvalue weighted by atomic mass is 9.85. The van der Waals surface area contributed by atoms with Crippen molar-refractivity contribution in [2.45, 2.75) is 89.9 Å². The number of aryl methyl sites for hydroxylation is 1. The van der Waals surface area contributed by atoms with E-state index in [0.29, 0.717) is 17.9 Å². The van der Waals surface area contributed by atoms with Gasteiger partial charge in [0.05, 0.1) is 12.4 Å². The van der Waals surface area contributed by atoms with Crippen molar-refractivity contribution in [3.8, 4) is 11.1 Å².